The van der Waals surface area contributed by atoms with Gasteiger partial charge in [0.2, 0.25) is 0 Å². The predicted octanol–water partition coefficient (Wildman–Crippen LogP) is 1.02. The van der Waals surface area contributed by atoms with E-state index in [9.17, 15) is 4.79 Å². The Bertz CT molecular complexity index is 354. The highest BCUT2D eigenvalue weighted by Gasteiger charge is 2.03. The normalized spacial score (nSPS) is 8.85. The van der Waals surface area contributed by atoms with Crippen molar-refractivity contribution in [2.75, 3.05) is 6.61 Å². The number of para-hydroxylation sites is 1. The third-order valence-electron chi connectivity index (χ3n) is 1.36. The lowest BCUT2D eigenvalue weighted by Crippen LogP contribution is -2.09. The molecule has 0 atom stereocenters. The second-order valence-electron chi connectivity index (χ2n) is 2.29. The van der Waals surface area contributed by atoms with Gasteiger partial charge in [-0.15, -0.1) is 0 Å². The van der Waals surface area contributed by atoms with Crippen LogP contribution in [0.2, 0.25) is 0 Å². The minimum atomic E-state index is -1.06. The predicted molar refractivity (Wildman–Crippen MR) is 44.3 cm³/mol. The van der Waals surface area contributed by atoms with Crippen molar-refractivity contribution < 1.29 is 14.6 Å². The number of hydrogen-bond acceptors (Lipinski definition) is 3. The van der Waals surface area contributed by atoms with E-state index in [1.165, 1.54) is 0 Å². The zero-order chi connectivity index (χ0) is 9.68. The number of ether oxygens (including phenoxy) is 1. The Morgan fingerprint density at radius 3 is 2.85 bits per heavy atom. The minimum absolute atomic E-state index is 0.299. The zero-order valence-electron chi connectivity index (χ0n) is 6.73. The summed E-state index contributed by atoms with van der Waals surface area (Å²) in [5.41, 5.74) is 0.337. The van der Waals surface area contributed by atoms with Gasteiger partial charge in [0.25, 0.3) is 0 Å². The maximum absolute atomic E-state index is 10.2. The standard InChI is InChI=1S/C9H7NO3/c10-5-7-3-1-2-4-8(7)13-6-9(11)12/h1-4H,6H2,(H,11,12). The van der Waals surface area contributed by atoms with Crippen LogP contribution in [-0.4, -0.2) is 17.7 Å². The summed E-state index contributed by atoms with van der Waals surface area (Å²) < 4.78 is 4.87. The quantitative estimate of drug-likeness (QED) is 0.748. The summed E-state index contributed by atoms with van der Waals surface area (Å²) in [6.07, 6.45) is 0. The van der Waals surface area contributed by atoms with Crippen molar-refractivity contribution in [2.24, 2.45) is 0 Å². The maximum atomic E-state index is 10.2. The molecule has 0 aliphatic heterocycles. The van der Waals surface area contributed by atoms with Gasteiger partial charge in [-0.2, -0.15) is 5.26 Å². The molecule has 0 heterocycles. The van der Waals surface area contributed by atoms with Gasteiger partial charge in [-0.1, -0.05) is 12.1 Å². The Hall–Kier alpha value is -2.02. The molecule has 66 valence electrons. The van der Waals surface area contributed by atoms with E-state index < -0.39 is 12.6 Å². The Morgan fingerprint density at radius 2 is 2.23 bits per heavy atom. The van der Waals surface area contributed by atoms with E-state index in [-0.39, 0.29) is 0 Å². The molecule has 0 amide bonds. The highest BCUT2D eigenvalue weighted by Crippen LogP contribution is 2.15. The number of hydrogen-bond donors (Lipinski definition) is 1. The van der Waals surface area contributed by atoms with Crippen LogP contribution in [0.4, 0.5) is 0 Å². The SMILES string of the molecule is N#Cc1ccccc1OCC(=O)O. The van der Waals surface area contributed by atoms with Gasteiger partial charge < -0.3 is 9.84 Å². The van der Waals surface area contributed by atoms with Crippen molar-refractivity contribution in [3.8, 4) is 11.8 Å². The summed E-state index contributed by atoms with van der Waals surface area (Å²) in [6, 6.07) is 8.39. The van der Waals surface area contributed by atoms with Gasteiger partial charge in [-0.25, -0.2) is 4.79 Å². The molecule has 4 heteroatoms. The van der Waals surface area contributed by atoms with Crippen molar-refractivity contribution >= 4 is 5.97 Å². The topological polar surface area (TPSA) is 70.3 Å². The van der Waals surface area contributed by atoms with Gasteiger partial charge in [0.05, 0.1) is 5.56 Å². The summed E-state index contributed by atoms with van der Waals surface area (Å²) >= 11 is 0. The average Bonchev–Trinajstić information content (AvgIpc) is 2.15. The molecule has 0 fully saturated rings. The van der Waals surface area contributed by atoms with Crippen LogP contribution in [0.5, 0.6) is 5.75 Å². The van der Waals surface area contributed by atoms with E-state index in [1.54, 1.807) is 24.3 Å². The molecule has 1 aromatic carbocycles. The van der Waals surface area contributed by atoms with Crippen molar-refractivity contribution in [1.29, 1.82) is 5.26 Å². The van der Waals surface area contributed by atoms with E-state index in [1.807, 2.05) is 6.07 Å². The van der Waals surface area contributed by atoms with Crippen molar-refractivity contribution in [3.63, 3.8) is 0 Å². The van der Waals surface area contributed by atoms with Crippen LogP contribution in [-0.2, 0) is 4.79 Å². The first-order valence-corrected chi connectivity index (χ1v) is 3.58. The molecular weight excluding hydrogens is 170 g/mol. The van der Waals surface area contributed by atoms with E-state index in [0.717, 1.165) is 0 Å². The van der Waals surface area contributed by atoms with Crippen molar-refractivity contribution in [1.82, 2.24) is 0 Å². The Morgan fingerprint density at radius 1 is 1.54 bits per heavy atom. The lowest BCUT2D eigenvalue weighted by atomic mass is 10.2. The van der Waals surface area contributed by atoms with Crippen LogP contribution >= 0.6 is 0 Å². The van der Waals surface area contributed by atoms with Gasteiger partial charge >= 0.3 is 5.97 Å². The fraction of sp³-hybridized carbons (Fsp3) is 0.111. The van der Waals surface area contributed by atoms with E-state index in [2.05, 4.69) is 0 Å². The molecule has 0 aliphatic rings. The summed E-state index contributed by atoms with van der Waals surface area (Å²) in [5.74, 6) is -0.764. The molecule has 0 saturated carbocycles. The number of nitriles is 1. The Kier molecular flexibility index (Phi) is 2.87. The van der Waals surface area contributed by atoms with Gasteiger partial charge in [0.15, 0.2) is 6.61 Å². The summed E-state index contributed by atoms with van der Waals surface area (Å²) in [6.45, 7) is -0.432. The Balaban J connectivity index is 2.77. The minimum Gasteiger partial charge on any atom is -0.481 e. The molecular formula is C9H7NO3. The van der Waals surface area contributed by atoms with E-state index in [4.69, 9.17) is 15.1 Å². The van der Waals surface area contributed by atoms with Crippen LogP contribution in [0, 0.1) is 11.3 Å². The highest BCUT2D eigenvalue weighted by atomic mass is 16.5. The molecule has 0 bridgehead atoms. The first-order chi connectivity index (χ1) is 6.24. The van der Waals surface area contributed by atoms with Crippen molar-refractivity contribution in [2.45, 2.75) is 0 Å². The molecule has 1 N–H and O–H groups in total. The molecule has 0 unspecified atom stereocenters. The van der Waals surface area contributed by atoms with Crippen LogP contribution < -0.4 is 4.74 Å². The maximum Gasteiger partial charge on any atom is 0.341 e. The summed E-state index contributed by atoms with van der Waals surface area (Å²) in [5, 5.41) is 16.9. The lowest BCUT2D eigenvalue weighted by molar-refractivity contribution is -0.139. The van der Waals surface area contributed by atoms with Crippen LogP contribution in [0.3, 0.4) is 0 Å². The molecule has 0 aromatic heterocycles. The number of rotatable bonds is 3. The molecule has 0 saturated heterocycles. The second-order valence-corrected chi connectivity index (χ2v) is 2.29. The molecule has 0 radical (unpaired) electrons. The third-order valence-corrected chi connectivity index (χ3v) is 1.36. The fourth-order valence-corrected chi connectivity index (χ4v) is 0.824. The van der Waals surface area contributed by atoms with Gasteiger partial charge in [-0.05, 0) is 12.1 Å². The van der Waals surface area contributed by atoms with Gasteiger partial charge in [0, 0.05) is 0 Å². The third kappa shape index (κ3) is 2.49. The van der Waals surface area contributed by atoms with Gasteiger partial charge in [0.1, 0.15) is 11.8 Å². The lowest BCUT2D eigenvalue weighted by Gasteiger charge is -2.03. The number of benzene rings is 1. The molecule has 0 aliphatic carbocycles. The van der Waals surface area contributed by atoms with E-state index >= 15 is 0 Å². The van der Waals surface area contributed by atoms with Crippen LogP contribution in [0.25, 0.3) is 0 Å². The first-order valence-electron chi connectivity index (χ1n) is 3.58. The molecule has 13 heavy (non-hydrogen) atoms. The largest absolute Gasteiger partial charge is 0.481 e. The molecule has 1 rings (SSSR count). The summed E-state index contributed by atoms with van der Waals surface area (Å²) in [4.78, 5) is 10.2. The molecule has 4 nitrogen and oxygen atoms in total. The monoisotopic (exact) mass is 177 g/mol. The Labute approximate surface area is 75.0 Å². The number of carboxylic acids is 1. The number of carbonyl (C=O) groups is 1. The molecule has 1 aromatic rings. The number of carboxylic acid groups (broad SMARTS) is 1. The van der Waals surface area contributed by atoms with Gasteiger partial charge in [-0.3, -0.25) is 0 Å². The van der Waals surface area contributed by atoms with Crippen LogP contribution in [0.15, 0.2) is 24.3 Å². The van der Waals surface area contributed by atoms with Crippen molar-refractivity contribution in [3.05, 3.63) is 29.8 Å². The summed E-state index contributed by atoms with van der Waals surface area (Å²) in [7, 11) is 0. The fourth-order valence-electron chi connectivity index (χ4n) is 0.824. The molecule has 0 spiro atoms. The number of aliphatic carboxylic acids is 1. The van der Waals surface area contributed by atoms with Crippen LogP contribution in [0.1, 0.15) is 5.56 Å². The zero-order valence-corrected chi connectivity index (χ0v) is 6.73. The average molecular weight is 177 g/mol. The smallest absolute Gasteiger partial charge is 0.341 e. The second kappa shape index (κ2) is 4.12. The number of nitrogens with zero attached hydrogens (tertiary/aromatic N) is 1. The van der Waals surface area contributed by atoms with E-state index in [0.29, 0.717) is 11.3 Å². The first kappa shape index (κ1) is 9.07. The highest BCUT2D eigenvalue weighted by molar-refractivity contribution is 5.68.